The quantitative estimate of drug-likeness (QED) is 0.562. The van der Waals surface area contributed by atoms with E-state index < -0.39 is 22.5 Å². The third-order valence-corrected chi connectivity index (χ3v) is 5.74. The Balaban J connectivity index is 2.01. The van der Waals surface area contributed by atoms with Crippen LogP contribution in [0.2, 0.25) is 5.02 Å². The lowest BCUT2D eigenvalue weighted by Gasteiger charge is -2.16. The van der Waals surface area contributed by atoms with E-state index in [2.05, 4.69) is 10.5 Å². The number of aryl methyl sites for hydroxylation is 1. The Labute approximate surface area is 163 Å². The highest BCUT2D eigenvalue weighted by atomic mass is 35.5. The summed E-state index contributed by atoms with van der Waals surface area (Å²) < 4.78 is 31.0. The van der Waals surface area contributed by atoms with Gasteiger partial charge >= 0.3 is 0 Å². The fourth-order valence-corrected chi connectivity index (χ4v) is 3.72. The van der Waals surface area contributed by atoms with Gasteiger partial charge in [-0.2, -0.15) is 9.41 Å². The summed E-state index contributed by atoms with van der Waals surface area (Å²) in [5.74, 6) is -0.203. The van der Waals surface area contributed by atoms with Gasteiger partial charge in [-0.1, -0.05) is 41.4 Å². The number of sulfonamides is 1. The Kier molecular flexibility index (Phi) is 6.95. The van der Waals surface area contributed by atoms with E-state index in [1.54, 1.807) is 0 Å². The van der Waals surface area contributed by atoms with Gasteiger partial charge in [-0.25, -0.2) is 13.8 Å². The molecule has 0 bridgehead atoms. The summed E-state index contributed by atoms with van der Waals surface area (Å²) in [5, 5.41) is 4.01. The molecule has 0 saturated heterocycles. The molecule has 7 nitrogen and oxygen atoms in total. The summed E-state index contributed by atoms with van der Waals surface area (Å²) in [5.41, 5.74) is 4.20. The third kappa shape index (κ3) is 5.53. The zero-order valence-corrected chi connectivity index (χ0v) is 16.7. The van der Waals surface area contributed by atoms with Crippen LogP contribution in [0.1, 0.15) is 11.1 Å². The number of amides is 1. The molecule has 0 aliphatic heterocycles. The van der Waals surface area contributed by atoms with Gasteiger partial charge in [-0.05, 0) is 30.7 Å². The normalized spacial score (nSPS) is 11.7. The van der Waals surface area contributed by atoms with Crippen molar-refractivity contribution in [3.63, 3.8) is 0 Å². The van der Waals surface area contributed by atoms with Crippen LogP contribution in [0.15, 0.2) is 52.5 Å². The number of hydrogen-bond acceptors (Lipinski definition) is 5. The number of nitrogens with one attached hydrogen (secondary N) is 1. The summed E-state index contributed by atoms with van der Waals surface area (Å²) in [6, 6.07) is 11.7. The lowest BCUT2D eigenvalue weighted by molar-refractivity contribution is -0.121. The van der Waals surface area contributed by atoms with Crippen molar-refractivity contribution >= 4 is 33.7 Å². The molecule has 0 atom stereocenters. The second kappa shape index (κ2) is 8.98. The first-order valence-electron chi connectivity index (χ1n) is 7.92. The first kappa shape index (κ1) is 20.9. The summed E-state index contributed by atoms with van der Waals surface area (Å²) >= 11 is 5.98. The molecule has 0 aliphatic carbocycles. The van der Waals surface area contributed by atoms with Gasteiger partial charge in [0.05, 0.1) is 29.8 Å². The molecule has 9 heteroatoms. The van der Waals surface area contributed by atoms with Gasteiger partial charge < -0.3 is 4.74 Å². The van der Waals surface area contributed by atoms with Crippen molar-refractivity contribution in [3.8, 4) is 5.75 Å². The average molecular weight is 410 g/mol. The number of nitrogens with zero attached hydrogens (tertiary/aromatic N) is 2. The minimum atomic E-state index is -3.88. The molecule has 2 aromatic rings. The number of likely N-dealkylation sites (N-methyl/N-ethyl adjacent to an activating group) is 1. The molecule has 0 unspecified atom stereocenters. The predicted molar refractivity (Wildman–Crippen MR) is 105 cm³/mol. The summed E-state index contributed by atoms with van der Waals surface area (Å²) in [6.45, 7) is 1.55. The number of methoxy groups -OCH3 is 1. The SMILES string of the molecule is COc1ccc(S(=O)(=O)N(C)CC(=O)N/N=C\c2cccc(C)c2)cc1Cl. The molecule has 27 heavy (non-hydrogen) atoms. The molecule has 0 aliphatic rings. The van der Waals surface area contributed by atoms with Crippen LogP contribution >= 0.6 is 11.6 Å². The number of hydrazone groups is 1. The largest absolute Gasteiger partial charge is 0.495 e. The molecule has 0 aromatic heterocycles. The smallest absolute Gasteiger partial charge is 0.255 e. The van der Waals surface area contributed by atoms with E-state index in [1.165, 1.54) is 38.6 Å². The zero-order valence-electron chi connectivity index (χ0n) is 15.1. The molecule has 1 N–H and O–H groups in total. The molecule has 2 aromatic carbocycles. The fourth-order valence-electron chi connectivity index (χ4n) is 2.24. The maximum absolute atomic E-state index is 12.6. The number of halogens is 1. The Morgan fingerprint density at radius 3 is 2.67 bits per heavy atom. The van der Waals surface area contributed by atoms with Gasteiger partial charge in [0.15, 0.2) is 0 Å². The first-order chi connectivity index (χ1) is 12.7. The van der Waals surface area contributed by atoms with Crippen molar-refractivity contribution in [1.29, 1.82) is 0 Å². The van der Waals surface area contributed by atoms with Crippen molar-refractivity contribution in [2.24, 2.45) is 5.10 Å². The Morgan fingerprint density at radius 1 is 1.30 bits per heavy atom. The van der Waals surface area contributed by atoms with Gasteiger partial charge in [-0.15, -0.1) is 0 Å². The van der Waals surface area contributed by atoms with E-state index in [9.17, 15) is 13.2 Å². The van der Waals surface area contributed by atoms with Crippen molar-refractivity contribution in [1.82, 2.24) is 9.73 Å². The van der Waals surface area contributed by atoms with E-state index in [0.29, 0.717) is 5.75 Å². The van der Waals surface area contributed by atoms with Crippen LogP contribution in [0.3, 0.4) is 0 Å². The number of ether oxygens (including phenoxy) is 1. The highest BCUT2D eigenvalue weighted by Crippen LogP contribution is 2.27. The van der Waals surface area contributed by atoms with Crippen LogP contribution < -0.4 is 10.2 Å². The lowest BCUT2D eigenvalue weighted by Crippen LogP contribution is -2.36. The monoisotopic (exact) mass is 409 g/mol. The van der Waals surface area contributed by atoms with E-state index in [1.807, 2.05) is 31.2 Å². The summed E-state index contributed by atoms with van der Waals surface area (Å²) in [4.78, 5) is 11.9. The van der Waals surface area contributed by atoms with E-state index >= 15 is 0 Å². The van der Waals surface area contributed by atoms with Gasteiger partial charge in [0, 0.05) is 7.05 Å². The van der Waals surface area contributed by atoms with E-state index in [0.717, 1.165) is 15.4 Å². The standard InChI is InChI=1S/C18H20ClN3O4S/c1-13-5-4-6-14(9-13)11-20-21-18(23)12-22(2)27(24,25)15-7-8-17(26-3)16(19)10-15/h4-11H,12H2,1-3H3,(H,21,23)/b20-11-. The molecule has 0 spiro atoms. The van der Waals surface area contributed by atoms with Crippen LogP contribution in [0.5, 0.6) is 5.75 Å². The highest BCUT2D eigenvalue weighted by molar-refractivity contribution is 7.89. The molecule has 1 amide bonds. The fraction of sp³-hybridized carbons (Fsp3) is 0.222. The molecule has 0 saturated carbocycles. The molecule has 0 heterocycles. The number of benzene rings is 2. The minimum Gasteiger partial charge on any atom is -0.495 e. The summed E-state index contributed by atoms with van der Waals surface area (Å²) in [6.07, 6.45) is 1.49. The molecule has 144 valence electrons. The van der Waals surface area contributed by atoms with Crippen LogP contribution in [-0.4, -0.2) is 45.5 Å². The van der Waals surface area contributed by atoms with Gasteiger partial charge in [-0.3, -0.25) is 4.79 Å². The lowest BCUT2D eigenvalue weighted by atomic mass is 10.2. The number of carbonyl (C=O) groups excluding carboxylic acids is 1. The number of carbonyl (C=O) groups is 1. The topological polar surface area (TPSA) is 88.1 Å². The van der Waals surface area contributed by atoms with Crippen LogP contribution in [0.4, 0.5) is 0 Å². The van der Waals surface area contributed by atoms with Gasteiger partial charge in [0.1, 0.15) is 5.75 Å². The second-order valence-corrected chi connectivity index (χ2v) is 8.22. The van der Waals surface area contributed by atoms with Gasteiger partial charge in [0.2, 0.25) is 10.0 Å². The van der Waals surface area contributed by atoms with Crippen LogP contribution in [0, 0.1) is 6.92 Å². The number of hydrogen-bond donors (Lipinski definition) is 1. The van der Waals surface area contributed by atoms with E-state index in [4.69, 9.17) is 16.3 Å². The molecular formula is C18H20ClN3O4S. The average Bonchev–Trinajstić information content (AvgIpc) is 2.61. The van der Waals surface area contributed by atoms with Crippen LogP contribution in [0.25, 0.3) is 0 Å². The van der Waals surface area contributed by atoms with Crippen molar-refractivity contribution < 1.29 is 17.9 Å². The maximum Gasteiger partial charge on any atom is 0.255 e. The second-order valence-electron chi connectivity index (χ2n) is 5.76. The highest BCUT2D eigenvalue weighted by Gasteiger charge is 2.23. The molecule has 2 rings (SSSR count). The summed E-state index contributed by atoms with van der Waals surface area (Å²) in [7, 11) is -1.15. The predicted octanol–water partition coefficient (Wildman–Crippen LogP) is 2.43. The Morgan fingerprint density at radius 2 is 2.04 bits per heavy atom. The molecule has 0 fully saturated rings. The van der Waals surface area contributed by atoms with Crippen molar-refractivity contribution in [2.45, 2.75) is 11.8 Å². The Bertz CT molecular complexity index is 961. The maximum atomic E-state index is 12.6. The Hall–Kier alpha value is -2.42. The van der Waals surface area contributed by atoms with Crippen molar-refractivity contribution in [2.75, 3.05) is 20.7 Å². The van der Waals surface area contributed by atoms with Crippen molar-refractivity contribution in [3.05, 3.63) is 58.6 Å². The van der Waals surface area contributed by atoms with Crippen LogP contribution in [-0.2, 0) is 14.8 Å². The third-order valence-electron chi connectivity index (χ3n) is 3.64. The number of rotatable bonds is 7. The van der Waals surface area contributed by atoms with E-state index in [-0.39, 0.29) is 9.92 Å². The minimum absolute atomic E-state index is 0.0353. The van der Waals surface area contributed by atoms with Gasteiger partial charge in [0.25, 0.3) is 5.91 Å². The first-order valence-corrected chi connectivity index (χ1v) is 9.74. The molecule has 0 radical (unpaired) electrons. The molecular weight excluding hydrogens is 390 g/mol. The zero-order chi connectivity index (χ0) is 20.0.